The average molecular weight is 372 g/mol. The molecule has 0 aliphatic heterocycles. The molecule has 4 aromatic rings. The number of hydrogen-bond acceptors (Lipinski definition) is 5. The molecule has 138 valence electrons. The van der Waals surface area contributed by atoms with Gasteiger partial charge in [-0.2, -0.15) is 5.11 Å². The Labute approximate surface area is 161 Å². The van der Waals surface area contributed by atoms with Crippen LogP contribution in [0.25, 0.3) is 22.3 Å². The highest BCUT2D eigenvalue weighted by molar-refractivity contribution is 5.89. The Morgan fingerprint density at radius 1 is 0.893 bits per heavy atom. The van der Waals surface area contributed by atoms with Crippen LogP contribution in [0.5, 0.6) is 5.75 Å². The van der Waals surface area contributed by atoms with Crippen molar-refractivity contribution in [3.8, 4) is 17.1 Å². The van der Waals surface area contributed by atoms with E-state index in [9.17, 15) is 9.50 Å². The normalized spacial score (nSPS) is 12.5. The first-order valence-electron chi connectivity index (χ1n) is 8.84. The number of phenolic OH excluding ortho intramolecular Hbond substituents is 1. The molecule has 28 heavy (non-hydrogen) atoms. The first-order valence-corrected chi connectivity index (χ1v) is 8.84. The number of aromatic nitrogens is 2. The summed E-state index contributed by atoms with van der Waals surface area (Å²) in [5.74, 6) is 0.365. The van der Waals surface area contributed by atoms with Crippen LogP contribution in [0.3, 0.4) is 0 Å². The Morgan fingerprint density at radius 2 is 1.61 bits per heavy atom. The molecule has 0 saturated carbocycles. The predicted octanol–water partition coefficient (Wildman–Crippen LogP) is 5.99. The van der Waals surface area contributed by atoms with Crippen molar-refractivity contribution in [2.45, 2.75) is 13.0 Å². The molecule has 0 amide bonds. The third-order valence-corrected chi connectivity index (χ3v) is 4.41. The lowest BCUT2D eigenvalue weighted by Crippen LogP contribution is -1.94. The van der Waals surface area contributed by atoms with E-state index in [1.54, 1.807) is 36.4 Å². The van der Waals surface area contributed by atoms with Gasteiger partial charge in [0.15, 0.2) is 11.6 Å². The van der Waals surface area contributed by atoms with Gasteiger partial charge in [-0.25, -0.2) is 14.4 Å². The minimum atomic E-state index is -0.400. The molecule has 0 bridgehead atoms. The standard InChI is InChI=1S/C22H17FN4O/c1-14(15-8-4-7-13-20(15)28)26-27-22-17-10-3-6-12-19(17)24-21(25-22)16-9-2-5-11-18(16)23/h2-14,28H,1H3. The lowest BCUT2D eigenvalue weighted by molar-refractivity contribution is 0.463. The second-order valence-electron chi connectivity index (χ2n) is 6.32. The van der Waals surface area contributed by atoms with Gasteiger partial charge < -0.3 is 5.11 Å². The third-order valence-electron chi connectivity index (χ3n) is 4.41. The van der Waals surface area contributed by atoms with Crippen LogP contribution in [-0.4, -0.2) is 15.1 Å². The topological polar surface area (TPSA) is 70.7 Å². The molecular formula is C22H17FN4O. The molecule has 1 N–H and O–H groups in total. The molecule has 0 radical (unpaired) electrons. The Hall–Kier alpha value is -3.67. The van der Waals surface area contributed by atoms with Crippen molar-refractivity contribution < 1.29 is 9.50 Å². The average Bonchev–Trinajstić information content (AvgIpc) is 2.72. The van der Waals surface area contributed by atoms with Crippen molar-refractivity contribution in [3.63, 3.8) is 0 Å². The summed E-state index contributed by atoms with van der Waals surface area (Å²) in [6.07, 6.45) is 0. The van der Waals surface area contributed by atoms with Gasteiger partial charge in [-0.3, -0.25) is 0 Å². The highest BCUT2D eigenvalue weighted by Crippen LogP contribution is 2.31. The fourth-order valence-electron chi connectivity index (χ4n) is 2.94. The number of phenols is 1. The van der Waals surface area contributed by atoms with Crippen molar-refractivity contribution in [2.75, 3.05) is 0 Å². The number of para-hydroxylation sites is 2. The number of hydrogen-bond donors (Lipinski definition) is 1. The quantitative estimate of drug-likeness (QED) is 0.448. The highest BCUT2D eigenvalue weighted by atomic mass is 19.1. The monoisotopic (exact) mass is 372 g/mol. The minimum absolute atomic E-state index is 0.161. The summed E-state index contributed by atoms with van der Waals surface area (Å²) in [6, 6.07) is 20.4. The van der Waals surface area contributed by atoms with Crippen molar-refractivity contribution in [3.05, 3.63) is 84.2 Å². The van der Waals surface area contributed by atoms with Crippen LogP contribution in [0.2, 0.25) is 0 Å². The van der Waals surface area contributed by atoms with Gasteiger partial charge in [0.2, 0.25) is 0 Å². The largest absolute Gasteiger partial charge is 0.508 e. The summed E-state index contributed by atoms with van der Waals surface area (Å²) >= 11 is 0. The van der Waals surface area contributed by atoms with Gasteiger partial charge in [-0.15, -0.1) is 5.11 Å². The second-order valence-corrected chi connectivity index (χ2v) is 6.32. The van der Waals surface area contributed by atoms with Gasteiger partial charge in [0.1, 0.15) is 11.6 Å². The van der Waals surface area contributed by atoms with E-state index in [2.05, 4.69) is 20.2 Å². The zero-order chi connectivity index (χ0) is 19.5. The Balaban J connectivity index is 1.80. The zero-order valence-corrected chi connectivity index (χ0v) is 15.1. The molecule has 1 atom stereocenters. The van der Waals surface area contributed by atoms with E-state index in [-0.39, 0.29) is 17.6 Å². The lowest BCUT2D eigenvalue weighted by Gasteiger charge is -2.09. The number of aromatic hydroxyl groups is 1. The number of fused-ring (bicyclic) bond motifs is 1. The summed E-state index contributed by atoms with van der Waals surface area (Å²) in [7, 11) is 0. The summed E-state index contributed by atoms with van der Waals surface area (Å²) in [4.78, 5) is 8.92. The van der Waals surface area contributed by atoms with E-state index in [4.69, 9.17) is 0 Å². The van der Waals surface area contributed by atoms with Gasteiger partial charge in [-0.05, 0) is 37.3 Å². The zero-order valence-electron chi connectivity index (χ0n) is 15.1. The maximum atomic E-state index is 14.2. The van der Waals surface area contributed by atoms with Gasteiger partial charge in [0, 0.05) is 10.9 Å². The van der Waals surface area contributed by atoms with Crippen molar-refractivity contribution in [1.82, 2.24) is 9.97 Å². The molecule has 3 aromatic carbocycles. The van der Waals surface area contributed by atoms with E-state index in [0.717, 1.165) is 5.39 Å². The van der Waals surface area contributed by atoms with E-state index < -0.39 is 5.82 Å². The number of benzene rings is 3. The first-order chi connectivity index (χ1) is 13.6. The van der Waals surface area contributed by atoms with E-state index in [1.165, 1.54) is 6.07 Å². The Kier molecular flexibility index (Phi) is 4.76. The highest BCUT2D eigenvalue weighted by Gasteiger charge is 2.13. The van der Waals surface area contributed by atoms with Gasteiger partial charge >= 0.3 is 0 Å². The fourth-order valence-corrected chi connectivity index (χ4v) is 2.94. The predicted molar refractivity (Wildman–Crippen MR) is 106 cm³/mol. The molecular weight excluding hydrogens is 355 g/mol. The number of azo groups is 1. The SMILES string of the molecule is CC(N=Nc1nc(-c2ccccc2F)nc2ccccc12)c1ccccc1O. The van der Waals surface area contributed by atoms with E-state index >= 15 is 0 Å². The number of rotatable bonds is 4. The van der Waals surface area contributed by atoms with Crippen molar-refractivity contribution >= 4 is 16.7 Å². The van der Waals surface area contributed by atoms with Crippen molar-refractivity contribution in [2.24, 2.45) is 10.2 Å². The molecule has 1 heterocycles. The molecule has 4 rings (SSSR count). The van der Waals surface area contributed by atoms with Crippen LogP contribution in [0, 0.1) is 5.82 Å². The Morgan fingerprint density at radius 3 is 2.43 bits per heavy atom. The molecule has 1 unspecified atom stereocenters. The lowest BCUT2D eigenvalue weighted by atomic mass is 10.1. The van der Waals surface area contributed by atoms with Crippen LogP contribution < -0.4 is 0 Å². The summed E-state index contributed by atoms with van der Waals surface area (Å²) < 4.78 is 14.2. The molecule has 0 saturated heterocycles. The first kappa shape index (κ1) is 17.7. The third kappa shape index (κ3) is 3.44. The van der Waals surface area contributed by atoms with E-state index in [1.807, 2.05) is 37.3 Å². The molecule has 6 heteroatoms. The number of nitrogens with zero attached hydrogens (tertiary/aromatic N) is 4. The summed E-state index contributed by atoms with van der Waals surface area (Å²) in [5.41, 5.74) is 1.62. The van der Waals surface area contributed by atoms with Crippen LogP contribution in [0.15, 0.2) is 83.0 Å². The van der Waals surface area contributed by atoms with Crippen LogP contribution in [-0.2, 0) is 0 Å². The maximum Gasteiger partial charge on any atom is 0.185 e. The van der Waals surface area contributed by atoms with E-state index in [0.29, 0.717) is 22.5 Å². The minimum Gasteiger partial charge on any atom is -0.508 e. The fraction of sp³-hybridized carbons (Fsp3) is 0.0909. The molecule has 0 spiro atoms. The maximum absolute atomic E-state index is 14.2. The number of halogens is 1. The van der Waals surface area contributed by atoms with Gasteiger partial charge in [0.05, 0.1) is 17.1 Å². The summed E-state index contributed by atoms with van der Waals surface area (Å²) in [5, 5.41) is 19.3. The van der Waals surface area contributed by atoms with Crippen LogP contribution in [0.1, 0.15) is 18.5 Å². The molecule has 0 aliphatic rings. The molecule has 1 aromatic heterocycles. The Bertz CT molecular complexity index is 1180. The van der Waals surface area contributed by atoms with Crippen molar-refractivity contribution in [1.29, 1.82) is 0 Å². The molecule has 0 fully saturated rings. The van der Waals surface area contributed by atoms with Crippen LogP contribution >= 0.6 is 0 Å². The molecule has 0 aliphatic carbocycles. The smallest absolute Gasteiger partial charge is 0.185 e. The molecule has 5 nitrogen and oxygen atoms in total. The summed E-state index contributed by atoms with van der Waals surface area (Å²) in [6.45, 7) is 1.83. The van der Waals surface area contributed by atoms with Gasteiger partial charge in [0.25, 0.3) is 0 Å². The van der Waals surface area contributed by atoms with Gasteiger partial charge in [-0.1, -0.05) is 42.5 Å². The second kappa shape index (κ2) is 7.52. The van der Waals surface area contributed by atoms with Crippen LogP contribution in [0.4, 0.5) is 10.2 Å².